The standard InChI is InChI=1S/C23H27N3O5/c1-4-5-8-13-25-22(28)17-9-6-7-10-18(17)26(23(25)29)15-21(27)24-16-11-12-19(30-2)20(14-16)31-3/h6-7,9-12,14H,4-5,8,13,15H2,1-3H3,(H,24,27). The number of unbranched alkanes of at least 4 members (excludes halogenated alkanes) is 2. The molecule has 1 aromatic heterocycles. The number of anilines is 1. The first-order chi connectivity index (χ1) is 15.0. The Kier molecular flexibility index (Phi) is 7.12. The summed E-state index contributed by atoms with van der Waals surface area (Å²) >= 11 is 0. The van der Waals surface area contributed by atoms with E-state index in [4.69, 9.17) is 9.47 Å². The maximum atomic E-state index is 13.1. The Hall–Kier alpha value is -3.55. The molecule has 0 fully saturated rings. The molecule has 2 aromatic carbocycles. The number of para-hydroxylation sites is 1. The minimum atomic E-state index is -0.484. The lowest BCUT2D eigenvalue weighted by Crippen LogP contribution is -2.41. The molecule has 0 unspecified atom stereocenters. The molecule has 1 N–H and O–H groups in total. The van der Waals surface area contributed by atoms with Gasteiger partial charge in [-0.2, -0.15) is 0 Å². The molecule has 3 aromatic rings. The van der Waals surface area contributed by atoms with Gasteiger partial charge in [0.2, 0.25) is 5.91 Å². The smallest absolute Gasteiger partial charge is 0.331 e. The van der Waals surface area contributed by atoms with Gasteiger partial charge in [0.15, 0.2) is 11.5 Å². The van der Waals surface area contributed by atoms with Crippen molar-refractivity contribution < 1.29 is 14.3 Å². The summed E-state index contributed by atoms with van der Waals surface area (Å²) < 4.78 is 13.0. The third-order valence-corrected chi connectivity index (χ3v) is 5.09. The van der Waals surface area contributed by atoms with Crippen LogP contribution in [-0.4, -0.2) is 29.3 Å². The summed E-state index contributed by atoms with van der Waals surface area (Å²) in [5.74, 6) is 0.632. The Morgan fingerprint density at radius 1 is 0.968 bits per heavy atom. The van der Waals surface area contributed by atoms with Crippen LogP contribution in [0.1, 0.15) is 26.2 Å². The lowest BCUT2D eigenvalue weighted by Gasteiger charge is -2.15. The number of carbonyl (C=O) groups is 1. The van der Waals surface area contributed by atoms with Gasteiger partial charge in [-0.1, -0.05) is 31.9 Å². The number of ether oxygens (including phenoxy) is 2. The molecule has 0 aliphatic carbocycles. The first kappa shape index (κ1) is 22.1. The van der Waals surface area contributed by atoms with Crippen molar-refractivity contribution in [2.24, 2.45) is 0 Å². The Morgan fingerprint density at radius 2 is 1.71 bits per heavy atom. The highest BCUT2D eigenvalue weighted by Crippen LogP contribution is 2.29. The van der Waals surface area contributed by atoms with E-state index in [2.05, 4.69) is 12.2 Å². The van der Waals surface area contributed by atoms with Gasteiger partial charge in [-0.15, -0.1) is 0 Å². The number of hydrogen-bond donors (Lipinski definition) is 1. The van der Waals surface area contributed by atoms with Gasteiger partial charge < -0.3 is 14.8 Å². The number of benzene rings is 2. The van der Waals surface area contributed by atoms with Crippen LogP contribution in [0, 0.1) is 0 Å². The number of nitrogens with zero attached hydrogens (tertiary/aromatic N) is 2. The molecule has 8 nitrogen and oxygen atoms in total. The van der Waals surface area contributed by atoms with E-state index in [9.17, 15) is 14.4 Å². The van der Waals surface area contributed by atoms with Gasteiger partial charge in [0.25, 0.3) is 5.56 Å². The maximum absolute atomic E-state index is 13.1. The zero-order valence-corrected chi connectivity index (χ0v) is 18.0. The van der Waals surface area contributed by atoms with Crippen molar-refractivity contribution in [1.82, 2.24) is 9.13 Å². The predicted molar refractivity (Wildman–Crippen MR) is 120 cm³/mol. The van der Waals surface area contributed by atoms with E-state index >= 15 is 0 Å². The molecule has 0 atom stereocenters. The molecular formula is C23H27N3O5. The second-order valence-corrected chi connectivity index (χ2v) is 7.17. The van der Waals surface area contributed by atoms with E-state index in [0.717, 1.165) is 19.3 Å². The lowest BCUT2D eigenvalue weighted by molar-refractivity contribution is -0.116. The third kappa shape index (κ3) is 4.79. The summed E-state index contributed by atoms with van der Waals surface area (Å²) in [6.07, 6.45) is 2.62. The topological polar surface area (TPSA) is 91.6 Å². The van der Waals surface area contributed by atoms with E-state index in [0.29, 0.717) is 34.6 Å². The van der Waals surface area contributed by atoms with Crippen molar-refractivity contribution in [3.05, 3.63) is 63.3 Å². The van der Waals surface area contributed by atoms with Gasteiger partial charge in [-0.25, -0.2) is 4.79 Å². The van der Waals surface area contributed by atoms with E-state index in [1.54, 1.807) is 42.5 Å². The van der Waals surface area contributed by atoms with E-state index < -0.39 is 11.6 Å². The average molecular weight is 425 g/mol. The third-order valence-electron chi connectivity index (χ3n) is 5.09. The molecule has 0 saturated carbocycles. The van der Waals surface area contributed by atoms with Crippen LogP contribution < -0.4 is 26.0 Å². The molecule has 0 aliphatic heterocycles. The highest BCUT2D eigenvalue weighted by atomic mass is 16.5. The van der Waals surface area contributed by atoms with Crippen molar-refractivity contribution in [2.75, 3.05) is 19.5 Å². The molecule has 0 aliphatic rings. The van der Waals surface area contributed by atoms with E-state index in [1.807, 2.05) is 0 Å². The summed E-state index contributed by atoms with van der Waals surface area (Å²) in [6.45, 7) is 2.16. The monoisotopic (exact) mass is 425 g/mol. The summed E-state index contributed by atoms with van der Waals surface area (Å²) in [5.41, 5.74) is 0.137. The van der Waals surface area contributed by atoms with Crippen LogP contribution in [0.5, 0.6) is 11.5 Å². The minimum absolute atomic E-state index is 0.220. The number of rotatable bonds is 9. The lowest BCUT2D eigenvalue weighted by atomic mass is 10.2. The van der Waals surface area contributed by atoms with Gasteiger partial charge in [-0.05, 0) is 30.7 Å². The summed E-state index contributed by atoms with van der Waals surface area (Å²) in [5, 5.41) is 3.19. The summed E-state index contributed by atoms with van der Waals surface area (Å²) in [7, 11) is 3.04. The van der Waals surface area contributed by atoms with Crippen LogP contribution in [0.15, 0.2) is 52.1 Å². The normalized spacial score (nSPS) is 10.8. The largest absolute Gasteiger partial charge is 0.493 e. The number of methoxy groups -OCH3 is 2. The molecule has 0 spiro atoms. The number of hydrogen-bond acceptors (Lipinski definition) is 5. The van der Waals surface area contributed by atoms with Crippen molar-refractivity contribution in [1.29, 1.82) is 0 Å². The van der Waals surface area contributed by atoms with Crippen LogP contribution in [0.25, 0.3) is 10.9 Å². The van der Waals surface area contributed by atoms with E-state index in [1.165, 1.54) is 23.4 Å². The first-order valence-electron chi connectivity index (χ1n) is 10.2. The quantitative estimate of drug-likeness (QED) is 0.532. The predicted octanol–water partition coefficient (Wildman–Crippen LogP) is 3.01. The van der Waals surface area contributed by atoms with Gasteiger partial charge in [0, 0.05) is 18.3 Å². The Morgan fingerprint density at radius 3 is 2.42 bits per heavy atom. The fraction of sp³-hybridized carbons (Fsp3) is 0.348. The van der Waals surface area contributed by atoms with Crippen molar-refractivity contribution in [3.8, 4) is 11.5 Å². The Balaban J connectivity index is 1.94. The molecule has 0 saturated heterocycles. The average Bonchev–Trinajstić information content (AvgIpc) is 2.78. The summed E-state index contributed by atoms with van der Waals surface area (Å²) in [6, 6.07) is 11.9. The SMILES string of the molecule is CCCCCn1c(=O)c2ccccc2n(CC(=O)Nc2ccc(OC)c(OC)c2)c1=O. The van der Waals surface area contributed by atoms with Crippen LogP contribution in [-0.2, 0) is 17.9 Å². The molecule has 8 heteroatoms. The van der Waals surface area contributed by atoms with Crippen LogP contribution in [0.4, 0.5) is 5.69 Å². The number of nitrogens with one attached hydrogen (secondary N) is 1. The first-order valence-corrected chi connectivity index (χ1v) is 10.2. The number of aromatic nitrogens is 2. The van der Waals surface area contributed by atoms with Gasteiger partial charge in [-0.3, -0.25) is 18.7 Å². The molecule has 164 valence electrons. The Bertz CT molecular complexity index is 1200. The van der Waals surface area contributed by atoms with E-state index in [-0.39, 0.29) is 12.1 Å². The summed E-state index contributed by atoms with van der Waals surface area (Å²) in [4.78, 5) is 38.7. The Labute approximate surface area is 180 Å². The van der Waals surface area contributed by atoms with Crippen molar-refractivity contribution in [2.45, 2.75) is 39.3 Å². The van der Waals surface area contributed by atoms with Crippen LogP contribution in [0.2, 0.25) is 0 Å². The highest BCUT2D eigenvalue weighted by molar-refractivity contribution is 5.92. The highest BCUT2D eigenvalue weighted by Gasteiger charge is 2.15. The molecule has 0 bridgehead atoms. The van der Waals surface area contributed by atoms with Gasteiger partial charge in [0.05, 0.1) is 25.1 Å². The molecular weight excluding hydrogens is 398 g/mol. The second kappa shape index (κ2) is 9.97. The maximum Gasteiger partial charge on any atom is 0.331 e. The molecule has 3 rings (SSSR count). The molecule has 0 radical (unpaired) electrons. The van der Waals surface area contributed by atoms with Gasteiger partial charge >= 0.3 is 5.69 Å². The second-order valence-electron chi connectivity index (χ2n) is 7.17. The zero-order valence-electron chi connectivity index (χ0n) is 18.0. The number of carbonyl (C=O) groups excluding carboxylic acids is 1. The number of amides is 1. The molecule has 1 amide bonds. The van der Waals surface area contributed by atoms with Gasteiger partial charge in [0.1, 0.15) is 6.54 Å². The van der Waals surface area contributed by atoms with Crippen LogP contribution in [0.3, 0.4) is 0 Å². The fourth-order valence-corrected chi connectivity index (χ4v) is 3.50. The molecule has 31 heavy (non-hydrogen) atoms. The van der Waals surface area contributed by atoms with Crippen LogP contribution >= 0.6 is 0 Å². The van der Waals surface area contributed by atoms with Crippen molar-refractivity contribution >= 4 is 22.5 Å². The zero-order chi connectivity index (χ0) is 22.4. The minimum Gasteiger partial charge on any atom is -0.493 e. The number of fused-ring (bicyclic) bond motifs is 1. The molecule has 1 heterocycles. The van der Waals surface area contributed by atoms with Crippen molar-refractivity contribution in [3.63, 3.8) is 0 Å². The fourth-order valence-electron chi connectivity index (χ4n) is 3.50.